The highest BCUT2D eigenvalue weighted by molar-refractivity contribution is 7.89. The molecule has 2 heterocycles. The molecule has 0 bridgehead atoms. The van der Waals surface area contributed by atoms with Gasteiger partial charge in [0.2, 0.25) is 20.0 Å². The quantitative estimate of drug-likeness (QED) is 0.0686. The highest BCUT2D eigenvalue weighted by Gasteiger charge is 2.34. The van der Waals surface area contributed by atoms with Crippen LogP contribution in [0.25, 0.3) is 0 Å². The molecule has 0 atom stereocenters. The highest BCUT2D eigenvalue weighted by atomic mass is 35.5. The second-order valence-electron chi connectivity index (χ2n) is 14.2. The van der Waals surface area contributed by atoms with Crippen molar-refractivity contribution >= 4 is 55.2 Å². The molecule has 2 aliphatic rings. The maximum atomic E-state index is 13.2. The first-order valence-corrected chi connectivity index (χ1v) is 22.8. The van der Waals surface area contributed by atoms with Crippen molar-refractivity contribution in [1.29, 1.82) is 0 Å². The number of nitrogens with zero attached hydrogens (tertiary/aromatic N) is 4. The topological polar surface area (TPSA) is 162 Å². The number of halogens is 7. The van der Waals surface area contributed by atoms with Crippen molar-refractivity contribution in [2.45, 2.75) is 35.9 Å². The Hall–Kier alpha value is -4.81. The van der Waals surface area contributed by atoms with Gasteiger partial charge in [-0.2, -0.15) is 17.4 Å². The summed E-state index contributed by atoms with van der Waals surface area (Å²) in [6.45, 7) is -2.73. The lowest BCUT2D eigenvalue weighted by molar-refractivity contribution is -0.274. The Morgan fingerprint density at radius 1 is 0.609 bits per heavy atom. The van der Waals surface area contributed by atoms with Crippen LogP contribution in [0.15, 0.2) is 94.7 Å². The second-order valence-corrected chi connectivity index (χ2v) is 18.9. The molecule has 2 saturated heterocycles. The van der Waals surface area contributed by atoms with Crippen LogP contribution in [0.1, 0.15) is 11.1 Å². The number of piperazine rings is 2. The van der Waals surface area contributed by atoms with Gasteiger partial charge in [-0.3, -0.25) is 9.80 Å². The molecule has 0 radical (unpaired) electrons. The third-order valence-electron chi connectivity index (χ3n) is 9.76. The van der Waals surface area contributed by atoms with Crippen LogP contribution in [0.4, 0.5) is 22.0 Å². The van der Waals surface area contributed by atoms with Crippen LogP contribution in [-0.4, -0.2) is 126 Å². The van der Waals surface area contributed by atoms with Crippen molar-refractivity contribution in [1.82, 2.24) is 18.4 Å². The van der Waals surface area contributed by atoms with E-state index in [-0.39, 0.29) is 92.5 Å². The number of sulfonamides is 2. The van der Waals surface area contributed by atoms with E-state index >= 15 is 0 Å². The van der Waals surface area contributed by atoms with Gasteiger partial charge in [0, 0.05) is 98.8 Å². The van der Waals surface area contributed by atoms with E-state index in [4.69, 9.17) is 37.4 Å². The van der Waals surface area contributed by atoms with Gasteiger partial charge in [0.1, 0.15) is 23.0 Å². The van der Waals surface area contributed by atoms with Crippen LogP contribution in [-0.2, 0) is 47.5 Å². The van der Waals surface area contributed by atoms with Crippen molar-refractivity contribution < 1.29 is 72.1 Å². The summed E-state index contributed by atoms with van der Waals surface area (Å²) in [6, 6.07) is 18.3. The van der Waals surface area contributed by atoms with Crippen molar-refractivity contribution in [3.05, 3.63) is 106 Å². The fourth-order valence-corrected chi connectivity index (χ4v) is 10.1. The molecule has 0 amide bonds. The van der Waals surface area contributed by atoms with Crippen molar-refractivity contribution in [2.24, 2.45) is 0 Å². The predicted molar refractivity (Wildman–Crippen MR) is 219 cm³/mol. The SMILES string of the molecule is O=C(COc1ccc(Cl)cc1CN1CCN(S(=O)(=O)c2cccc(OC(F)F)c2)CC1)OC(=O)COc1ccc(Cl)cc1CN1CCN(S(=O)(=O)c2cccc(OC(F)(F)F)c2)CC1. The van der Waals surface area contributed by atoms with Crippen LogP contribution < -0.4 is 18.9 Å². The van der Waals surface area contributed by atoms with E-state index in [1.807, 2.05) is 9.80 Å². The fraction of sp³-hybridized carbons (Fsp3) is 0.350. The lowest BCUT2D eigenvalue weighted by atomic mass is 10.1. The van der Waals surface area contributed by atoms with Gasteiger partial charge in [0.05, 0.1) is 9.79 Å². The average Bonchev–Trinajstić information content (AvgIpc) is 3.23. The first-order valence-electron chi connectivity index (χ1n) is 19.2. The molecule has 0 saturated carbocycles. The number of carbonyl (C=O) groups is 2. The Kier molecular flexibility index (Phi) is 16.0. The summed E-state index contributed by atoms with van der Waals surface area (Å²) in [6.07, 6.45) is -4.99. The average molecular weight is 982 g/mol. The smallest absolute Gasteiger partial charge is 0.482 e. The number of hydrogen-bond donors (Lipinski definition) is 0. The molecule has 0 unspecified atom stereocenters. The van der Waals surface area contributed by atoms with Gasteiger partial charge < -0.3 is 23.7 Å². The number of benzene rings is 4. The van der Waals surface area contributed by atoms with E-state index < -0.39 is 63.9 Å². The maximum Gasteiger partial charge on any atom is 0.573 e. The van der Waals surface area contributed by atoms with Gasteiger partial charge in [0.15, 0.2) is 13.2 Å². The molecule has 4 aromatic carbocycles. The molecular formula is C40H39Cl2F5N4O11S2. The monoisotopic (exact) mass is 980 g/mol. The summed E-state index contributed by atoms with van der Waals surface area (Å²) in [7, 11) is -8.15. The molecule has 0 aromatic heterocycles. The van der Waals surface area contributed by atoms with E-state index in [9.17, 15) is 48.4 Å². The third-order valence-corrected chi connectivity index (χ3v) is 14.0. The van der Waals surface area contributed by atoms with Crippen LogP contribution in [0.5, 0.6) is 23.0 Å². The molecule has 24 heteroatoms. The molecule has 2 fully saturated rings. The number of hydrogen-bond acceptors (Lipinski definition) is 13. The number of ether oxygens (including phenoxy) is 5. The van der Waals surface area contributed by atoms with Gasteiger partial charge in [-0.05, 0) is 60.7 Å². The van der Waals surface area contributed by atoms with E-state index in [2.05, 4.69) is 9.47 Å². The van der Waals surface area contributed by atoms with E-state index in [1.165, 1.54) is 52.8 Å². The fourth-order valence-electron chi connectivity index (χ4n) is 6.76. The minimum absolute atomic E-state index is 0.0176. The molecule has 6 rings (SSSR count). The van der Waals surface area contributed by atoms with Gasteiger partial charge in [0.25, 0.3) is 0 Å². The van der Waals surface area contributed by atoms with Crippen molar-refractivity contribution in [2.75, 3.05) is 65.6 Å². The van der Waals surface area contributed by atoms with Crippen LogP contribution in [0.3, 0.4) is 0 Å². The molecule has 64 heavy (non-hydrogen) atoms. The number of alkyl halides is 5. The Morgan fingerprint density at radius 3 is 1.45 bits per heavy atom. The standard InChI is InChI=1S/C40H39Cl2F5N4O11S2/c41-29-7-9-35(27(19-29)23-48-11-15-50(16-12-48)63(54,55)33-5-1-3-31(21-33)60-39(43)44)58-25-37(52)61-38(53)26-59-36-10-8-30(42)20-28(36)24-49-13-17-51(18-14-49)64(56,57)34-6-2-4-32(22-34)62-40(45,46)47/h1-10,19-22,39H,11-18,23-26H2. The number of carbonyl (C=O) groups excluding carboxylic acids is 2. The van der Waals surface area contributed by atoms with Gasteiger partial charge in [-0.1, -0.05) is 35.3 Å². The number of rotatable bonds is 17. The Bertz CT molecular complexity index is 2530. The second kappa shape index (κ2) is 21.0. The predicted octanol–water partition coefficient (Wildman–Crippen LogP) is 6.03. The minimum Gasteiger partial charge on any atom is -0.482 e. The van der Waals surface area contributed by atoms with E-state index in [0.717, 1.165) is 28.6 Å². The molecule has 2 aliphatic heterocycles. The molecule has 0 spiro atoms. The molecule has 0 N–H and O–H groups in total. The zero-order chi connectivity index (χ0) is 46.2. The third kappa shape index (κ3) is 13.4. The van der Waals surface area contributed by atoms with Gasteiger partial charge in [-0.15, -0.1) is 13.2 Å². The Labute approximate surface area is 374 Å². The Balaban J connectivity index is 0.965. The summed E-state index contributed by atoms with van der Waals surface area (Å²) in [5.41, 5.74) is 1.10. The zero-order valence-corrected chi connectivity index (χ0v) is 36.5. The van der Waals surface area contributed by atoms with E-state index in [1.54, 1.807) is 12.1 Å². The summed E-state index contributed by atoms with van der Waals surface area (Å²) in [4.78, 5) is 28.6. The maximum absolute atomic E-state index is 13.2. The lowest BCUT2D eigenvalue weighted by Crippen LogP contribution is -2.48. The summed E-state index contributed by atoms with van der Waals surface area (Å²) < 4.78 is 143. The molecule has 346 valence electrons. The first-order chi connectivity index (χ1) is 30.2. The lowest BCUT2D eigenvalue weighted by Gasteiger charge is -2.34. The molecule has 15 nitrogen and oxygen atoms in total. The Morgan fingerprint density at radius 2 is 1.03 bits per heavy atom. The van der Waals surface area contributed by atoms with Crippen LogP contribution in [0.2, 0.25) is 10.0 Å². The minimum atomic E-state index is -4.99. The largest absolute Gasteiger partial charge is 0.573 e. The summed E-state index contributed by atoms with van der Waals surface area (Å²) >= 11 is 12.5. The first kappa shape index (κ1) is 48.6. The summed E-state index contributed by atoms with van der Waals surface area (Å²) in [5, 5.41) is 0.712. The van der Waals surface area contributed by atoms with Gasteiger partial charge >= 0.3 is 24.9 Å². The van der Waals surface area contributed by atoms with Crippen LogP contribution in [0, 0.1) is 0 Å². The van der Waals surface area contributed by atoms with Crippen LogP contribution >= 0.6 is 23.2 Å². The normalized spacial score (nSPS) is 16.1. The van der Waals surface area contributed by atoms with Crippen molar-refractivity contribution in [3.8, 4) is 23.0 Å². The summed E-state index contributed by atoms with van der Waals surface area (Å²) in [5.74, 6) is -2.51. The van der Waals surface area contributed by atoms with Crippen molar-refractivity contribution in [3.63, 3.8) is 0 Å². The highest BCUT2D eigenvalue weighted by Crippen LogP contribution is 2.30. The van der Waals surface area contributed by atoms with Gasteiger partial charge in [-0.25, -0.2) is 26.4 Å². The zero-order valence-electron chi connectivity index (χ0n) is 33.4. The molecular weight excluding hydrogens is 942 g/mol. The molecule has 4 aromatic rings. The number of esters is 2. The molecule has 0 aliphatic carbocycles. The van der Waals surface area contributed by atoms with E-state index in [0.29, 0.717) is 21.2 Å².